The minimum atomic E-state index is -0.0719. The van der Waals surface area contributed by atoms with E-state index in [1.165, 1.54) is 19.5 Å². The molecule has 0 aliphatic carbocycles. The van der Waals surface area contributed by atoms with Crippen molar-refractivity contribution in [1.82, 2.24) is 10.2 Å². The third-order valence-electron chi connectivity index (χ3n) is 4.70. The van der Waals surface area contributed by atoms with Gasteiger partial charge in [-0.2, -0.15) is 0 Å². The van der Waals surface area contributed by atoms with Crippen LogP contribution in [0.4, 0.5) is 0 Å². The van der Waals surface area contributed by atoms with Crippen LogP contribution in [0.5, 0.6) is 5.75 Å². The molecule has 2 rings (SSSR count). The smallest absolute Gasteiger partial charge is 0.255 e. The van der Waals surface area contributed by atoms with Crippen LogP contribution in [-0.4, -0.2) is 56.8 Å². The quantitative estimate of drug-likeness (QED) is 0.650. The number of carbonyl (C=O) groups excluding carboxylic acids is 1. The summed E-state index contributed by atoms with van der Waals surface area (Å²) in [6.45, 7) is 12.3. The molecule has 0 radical (unpaired) electrons. The minimum absolute atomic E-state index is 0.0719. The first-order valence-electron chi connectivity index (χ1n) is 9.90. The molecule has 1 aromatic carbocycles. The highest BCUT2D eigenvalue weighted by Crippen LogP contribution is 2.21. The van der Waals surface area contributed by atoms with E-state index in [2.05, 4.69) is 24.1 Å². The second-order valence-electron chi connectivity index (χ2n) is 7.36. The summed E-state index contributed by atoms with van der Waals surface area (Å²) in [5.41, 5.74) is 0.587. The van der Waals surface area contributed by atoms with E-state index in [4.69, 9.17) is 9.47 Å². The molecule has 5 nitrogen and oxygen atoms in total. The van der Waals surface area contributed by atoms with Crippen LogP contribution in [0.1, 0.15) is 44.0 Å². The summed E-state index contributed by atoms with van der Waals surface area (Å²) in [5, 5.41) is 3.03. The van der Waals surface area contributed by atoms with Crippen molar-refractivity contribution < 1.29 is 14.3 Å². The molecule has 1 fully saturated rings. The zero-order chi connectivity index (χ0) is 18.8. The van der Waals surface area contributed by atoms with Crippen molar-refractivity contribution in [1.29, 1.82) is 0 Å². The van der Waals surface area contributed by atoms with Gasteiger partial charge in [0.15, 0.2) is 0 Å². The van der Waals surface area contributed by atoms with Crippen molar-refractivity contribution >= 4 is 5.91 Å². The minimum Gasteiger partial charge on any atom is -0.490 e. The van der Waals surface area contributed by atoms with Crippen molar-refractivity contribution in [2.45, 2.75) is 33.6 Å². The lowest BCUT2D eigenvalue weighted by atomic mass is 9.92. The first kappa shape index (κ1) is 20.7. The summed E-state index contributed by atoms with van der Waals surface area (Å²) in [6.07, 6.45) is 2.30. The van der Waals surface area contributed by atoms with Crippen LogP contribution in [0, 0.1) is 11.8 Å². The monoisotopic (exact) mass is 362 g/mol. The topological polar surface area (TPSA) is 50.8 Å². The van der Waals surface area contributed by atoms with Gasteiger partial charge in [0.2, 0.25) is 0 Å². The Morgan fingerprint density at radius 2 is 1.92 bits per heavy atom. The van der Waals surface area contributed by atoms with Gasteiger partial charge in [-0.25, -0.2) is 0 Å². The highest BCUT2D eigenvalue weighted by atomic mass is 16.5. The van der Waals surface area contributed by atoms with Crippen LogP contribution in [0.15, 0.2) is 24.3 Å². The van der Waals surface area contributed by atoms with Gasteiger partial charge in [-0.3, -0.25) is 4.79 Å². The molecule has 0 saturated carbocycles. The Labute approximate surface area is 158 Å². The standard InChI is InChI=1S/C21H34N2O3/c1-4-25-12-13-26-20-9-6-5-8-19(20)21(24)22-10-7-11-23-15-17(2)14-18(3)16-23/h5-6,8-9,17-18H,4,7,10-16H2,1-3H3,(H,22,24). The molecule has 1 aromatic rings. The molecule has 0 spiro atoms. The molecule has 1 heterocycles. The first-order chi connectivity index (χ1) is 12.6. The van der Waals surface area contributed by atoms with E-state index in [1.54, 1.807) is 6.07 Å². The fourth-order valence-electron chi connectivity index (χ4n) is 3.71. The number of benzene rings is 1. The average molecular weight is 363 g/mol. The van der Waals surface area contributed by atoms with Crippen LogP contribution in [0.2, 0.25) is 0 Å². The summed E-state index contributed by atoms with van der Waals surface area (Å²) < 4.78 is 11.0. The third-order valence-corrected chi connectivity index (χ3v) is 4.70. The number of likely N-dealkylation sites (tertiary alicyclic amines) is 1. The van der Waals surface area contributed by atoms with Gasteiger partial charge in [-0.1, -0.05) is 26.0 Å². The summed E-state index contributed by atoms with van der Waals surface area (Å²) in [6, 6.07) is 7.38. The van der Waals surface area contributed by atoms with E-state index in [0.29, 0.717) is 37.7 Å². The van der Waals surface area contributed by atoms with Crippen LogP contribution < -0.4 is 10.1 Å². The normalized spacial score (nSPS) is 20.7. The number of hydrogen-bond acceptors (Lipinski definition) is 4. The molecule has 2 atom stereocenters. The van der Waals surface area contributed by atoms with E-state index in [0.717, 1.165) is 24.8 Å². The number of para-hydroxylation sites is 1. The maximum Gasteiger partial charge on any atom is 0.255 e. The fraction of sp³-hybridized carbons (Fsp3) is 0.667. The van der Waals surface area contributed by atoms with Gasteiger partial charge >= 0.3 is 0 Å². The zero-order valence-electron chi connectivity index (χ0n) is 16.5. The Hall–Kier alpha value is -1.59. The molecular formula is C21H34N2O3. The molecule has 146 valence electrons. The zero-order valence-corrected chi connectivity index (χ0v) is 16.5. The molecule has 0 bridgehead atoms. The summed E-state index contributed by atoms with van der Waals surface area (Å²) >= 11 is 0. The molecule has 5 heteroatoms. The first-order valence-corrected chi connectivity index (χ1v) is 9.90. The fourth-order valence-corrected chi connectivity index (χ4v) is 3.71. The third kappa shape index (κ3) is 6.96. The maximum atomic E-state index is 12.5. The van der Waals surface area contributed by atoms with Gasteiger partial charge in [0.1, 0.15) is 12.4 Å². The second-order valence-corrected chi connectivity index (χ2v) is 7.36. The highest BCUT2D eigenvalue weighted by Gasteiger charge is 2.21. The van der Waals surface area contributed by atoms with E-state index < -0.39 is 0 Å². The van der Waals surface area contributed by atoms with Gasteiger partial charge < -0.3 is 19.7 Å². The Bertz CT molecular complexity index is 540. The number of rotatable bonds is 10. The molecule has 1 saturated heterocycles. The number of amides is 1. The summed E-state index contributed by atoms with van der Waals surface area (Å²) in [7, 11) is 0. The van der Waals surface area contributed by atoms with Gasteiger partial charge in [0.05, 0.1) is 12.2 Å². The molecule has 1 aliphatic rings. The molecule has 26 heavy (non-hydrogen) atoms. The Balaban J connectivity index is 1.73. The largest absolute Gasteiger partial charge is 0.490 e. The molecule has 1 aliphatic heterocycles. The maximum absolute atomic E-state index is 12.5. The molecule has 2 unspecified atom stereocenters. The lowest BCUT2D eigenvalue weighted by Gasteiger charge is -2.34. The lowest BCUT2D eigenvalue weighted by molar-refractivity contribution is 0.0931. The van der Waals surface area contributed by atoms with Crippen molar-refractivity contribution in [2.75, 3.05) is 46.0 Å². The van der Waals surface area contributed by atoms with Crippen LogP contribution in [0.3, 0.4) is 0 Å². The Morgan fingerprint density at radius 3 is 2.65 bits per heavy atom. The number of hydrogen-bond donors (Lipinski definition) is 1. The van der Waals surface area contributed by atoms with Crippen molar-refractivity contribution in [3.63, 3.8) is 0 Å². The highest BCUT2D eigenvalue weighted by molar-refractivity contribution is 5.96. The second kappa shape index (κ2) is 11.2. The molecular weight excluding hydrogens is 328 g/mol. The predicted octanol–water partition coefficient (Wildman–Crippen LogP) is 3.20. The SMILES string of the molecule is CCOCCOc1ccccc1C(=O)NCCCN1CC(C)CC(C)C1. The predicted molar refractivity (Wildman–Crippen MR) is 105 cm³/mol. The molecule has 1 N–H and O–H groups in total. The van der Waals surface area contributed by atoms with Crippen molar-refractivity contribution in [3.8, 4) is 5.75 Å². The van der Waals surface area contributed by atoms with E-state index in [1.807, 2.05) is 25.1 Å². The van der Waals surface area contributed by atoms with Crippen molar-refractivity contribution in [2.24, 2.45) is 11.8 Å². The Morgan fingerprint density at radius 1 is 1.19 bits per heavy atom. The van der Waals surface area contributed by atoms with Crippen LogP contribution in [0.25, 0.3) is 0 Å². The van der Waals surface area contributed by atoms with E-state index in [9.17, 15) is 4.79 Å². The molecule has 1 amide bonds. The van der Waals surface area contributed by atoms with Gasteiger partial charge in [-0.15, -0.1) is 0 Å². The number of ether oxygens (including phenoxy) is 2. The van der Waals surface area contributed by atoms with E-state index >= 15 is 0 Å². The number of nitrogens with zero attached hydrogens (tertiary/aromatic N) is 1. The van der Waals surface area contributed by atoms with E-state index in [-0.39, 0.29) is 5.91 Å². The van der Waals surface area contributed by atoms with Gasteiger partial charge in [0.25, 0.3) is 5.91 Å². The van der Waals surface area contributed by atoms with Gasteiger partial charge in [-0.05, 0) is 50.3 Å². The Kier molecular flexibility index (Phi) is 8.92. The van der Waals surface area contributed by atoms with Gasteiger partial charge in [0, 0.05) is 26.2 Å². The lowest BCUT2D eigenvalue weighted by Crippen LogP contribution is -2.40. The summed E-state index contributed by atoms with van der Waals surface area (Å²) in [4.78, 5) is 15.0. The number of carbonyl (C=O) groups is 1. The van der Waals surface area contributed by atoms with Crippen molar-refractivity contribution in [3.05, 3.63) is 29.8 Å². The van der Waals surface area contributed by atoms with Crippen LogP contribution in [-0.2, 0) is 4.74 Å². The van der Waals surface area contributed by atoms with Crippen LogP contribution >= 0.6 is 0 Å². The number of piperidine rings is 1. The number of nitrogens with one attached hydrogen (secondary N) is 1. The molecule has 0 aromatic heterocycles. The summed E-state index contributed by atoms with van der Waals surface area (Å²) in [5.74, 6) is 2.09. The average Bonchev–Trinajstić information content (AvgIpc) is 2.62.